The number of nitrogens with zero attached hydrogens (tertiary/aromatic N) is 2. The summed E-state index contributed by atoms with van der Waals surface area (Å²) < 4.78 is 4.54. The van der Waals surface area contributed by atoms with E-state index in [2.05, 4.69) is 20.0 Å². The van der Waals surface area contributed by atoms with Gasteiger partial charge in [0.15, 0.2) is 5.82 Å². The first-order valence-corrected chi connectivity index (χ1v) is 5.28. The number of carboxylic acid groups (broad SMARTS) is 1. The van der Waals surface area contributed by atoms with Crippen molar-refractivity contribution < 1.29 is 19.2 Å². The molecule has 2 N–H and O–H groups in total. The Morgan fingerprint density at radius 2 is 2.18 bits per heavy atom. The minimum absolute atomic E-state index is 0.289. The van der Waals surface area contributed by atoms with Crippen molar-refractivity contribution in [3.8, 4) is 0 Å². The molecule has 1 aromatic heterocycles. The largest absolute Gasteiger partial charge is 0.481 e. The van der Waals surface area contributed by atoms with Gasteiger partial charge in [-0.1, -0.05) is 19.0 Å². The Hall–Kier alpha value is -1.92. The van der Waals surface area contributed by atoms with E-state index in [1.54, 1.807) is 6.92 Å². The molecule has 1 heterocycles. The van der Waals surface area contributed by atoms with Gasteiger partial charge in [-0.15, -0.1) is 0 Å². The van der Waals surface area contributed by atoms with Gasteiger partial charge < -0.3 is 14.9 Å². The second-order valence-corrected chi connectivity index (χ2v) is 3.80. The van der Waals surface area contributed by atoms with Crippen LogP contribution in [0.1, 0.15) is 19.7 Å². The first kappa shape index (κ1) is 13.1. The summed E-state index contributed by atoms with van der Waals surface area (Å²) in [5, 5.41) is 15.0. The van der Waals surface area contributed by atoms with Gasteiger partial charge in [0.1, 0.15) is 0 Å². The van der Waals surface area contributed by atoms with Gasteiger partial charge in [-0.2, -0.15) is 4.98 Å². The highest BCUT2D eigenvalue weighted by atomic mass is 16.5. The maximum absolute atomic E-state index is 11.6. The Kier molecular flexibility index (Phi) is 4.62. The predicted molar refractivity (Wildman–Crippen MR) is 57.0 cm³/mol. The molecule has 1 rings (SSSR count). The van der Waals surface area contributed by atoms with Crippen molar-refractivity contribution in [2.75, 3.05) is 6.54 Å². The highest BCUT2D eigenvalue weighted by Crippen LogP contribution is 2.10. The van der Waals surface area contributed by atoms with Gasteiger partial charge >= 0.3 is 5.97 Å². The highest BCUT2D eigenvalue weighted by Gasteiger charge is 2.25. The maximum Gasteiger partial charge on any atom is 0.307 e. The molecule has 0 aliphatic rings. The minimum atomic E-state index is -0.981. The lowest BCUT2D eigenvalue weighted by atomic mass is 9.95. The van der Waals surface area contributed by atoms with Crippen LogP contribution in [0.3, 0.4) is 0 Å². The van der Waals surface area contributed by atoms with E-state index >= 15 is 0 Å². The summed E-state index contributed by atoms with van der Waals surface area (Å²) in [4.78, 5) is 26.1. The van der Waals surface area contributed by atoms with Gasteiger partial charge in [0.2, 0.25) is 12.3 Å². The number of carboxylic acids is 1. The monoisotopic (exact) mass is 241 g/mol. The van der Waals surface area contributed by atoms with Crippen LogP contribution in [0.5, 0.6) is 0 Å². The van der Waals surface area contributed by atoms with E-state index in [4.69, 9.17) is 5.11 Å². The van der Waals surface area contributed by atoms with Crippen LogP contribution in [-0.4, -0.2) is 33.7 Å². The Labute approximate surface area is 98.2 Å². The van der Waals surface area contributed by atoms with Crippen LogP contribution in [0.2, 0.25) is 0 Å². The standard InChI is InChI=1S/C10H15N3O4/c1-6(7(2)10(15)16)9(14)11-4-3-8-12-5-17-13-8/h5-7H,3-4H2,1-2H3,(H,11,14)(H,15,16). The zero-order valence-electron chi connectivity index (χ0n) is 9.71. The normalized spacial score (nSPS) is 14.0. The van der Waals surface area contributed by atoms with Crippen LogP contribution in [0.4, 0.5) is 0 Å². The van der Waals surface area contributed by atoms with Gasteiger partial charge in [-0.25, -0.2) is 0 Å². The molecular formula is C10H15N3O4. The van der Waals surface area contributed by atoms with Crippen LogP contribution in [0.25, 0.3) is 0 Å². The van der Waals surface area contributed by atoms with Crippen molar-refractivity contribution in [2.45, 2.75) is 20.3 Å². The van der Waals surface area contributed by atoms with Crippen LogP contribution < -0.4 is 5.32 Å². The number of hydrogen-bond acceptors (Lipinski definition) is 5. The van der Waals surface area contributed by atoms with Crippen LogP contribution in [0, 0.1) is 11.8 Å². The number of rotatable bonds is 6. The number of carbonyl (C=O) groups is 2. The summed E-state index contributed by atoms with van der Waals surface area (Å²) in [5.41, 5.74) is 0. The minimum Gasteiger partial charge on any atom is -0.481 e. The molecule has 7 nitrogen and oxygen atoms in total. The second-order valence-electron chi connectivity index (χ2n) is 3.80. The summed E-state index contributed by atoms with van der Waals surface area (Å²) in [7, 11) is 0. The lowest BCUT2D eigenvalue weighted by Gasteiger charge is -2.15. The molecule has 1 amide bonds. The number of nitrogens with one attached hydrogen (secondary N) is 1. The molecule has 2 atom stereocenters. The first-order valence-electron chi connectivity index (χ1n) is 5.28. The van der Waals surface area contributed by atoms with E-state index in [0.29, 0.717) is 18.8 Å². The third-order valence-corrected chi connectivity index (χ3v) is 2.61. The molecule has 0 aliphatic heterocycles. The molecule has 0 aromatic carbocycles. The summed E-state index contributed by atoms with van der Waals surface area (Å²) >= 11 is 0. The van der Waals surface area contributed by atoms with E-state index in [1.807, 2.05) is 0 Å². The summed E-state index contributed by atoms with van der Waals surface area (Å²) in [6, 6.07) is 0. The average molecular weight is 241 g/mol. The maximum atomic E-state index is 11.6. The second kappa shape index (κ2) is 5.97. The van der Waals surface area contributed by atoms with Gasteiger partial charge in [0.05, 0.1) is 5.92 Å². The number of aromatic nitrogens is 2. The average Bonchev–Trinajstić information content (AvgIpc) is 2.79. The Balaban J connectivity index is 2.32. The zero-order chi connectivity index (χ0) is 12.8. The zero-order valence-corrected chi connectivity index (χ0v) is 9.71. The molecule has 0 fully saturated rings. The van der Waals surface area contributed by atoms with Crippen molar-refractivity contribution in [3.05, 3.63) is 12.2 Å². The Morgan fingerprint density at radius 1 is 1.47 bits per heavy atom. The smallest absolute Gasteiger partial charge is 0.307 e. The molecule has 2 unspecified atom stereocenters. The van der Waals surface area contributed by atoms with Crippen molar-refractivity contribution in [2.24, 2.45) is 11.8 Å². The fourth-order valence-corrected chi connectivity index (χ4v) is 1.20. The highest BCUT2D eigenvalue weighted by molar-refractivity contribution is 5.84. The van der Waals surface area contributed by atoms with Crippen molar-refractivity contribution in [1.82, 2.24) is 15.5 Å². The van der Waals surface area contributed by atoms with Crippen molar-refractivity contribution >= 4 is 11.9 Å². The quantitative estimate of drug-likeness (QED) is 0.731. The van der Waals surface area contributed by atoms with Gasteiger partial charge in [0.25, 0.3) is 0 Å². The SMILES string of the molecule is CC(C(=O)O)C(C)C(=O)NCCc1ncon1. The van der Waals surface area contributed by atoms with Crippen molar-refractivity contribution in [1.29, 1.82) is 0 Å². The molecule has 0 saturated heterocycles. The van der Waals surface area contributed by atoms with Gasteiger partial charge in [-0.3, -0.25) is 9.59 Å². The van der Waals surface area contributed by atoms with Gasteiger partial charge in [-0.05, 0) is 0 Å². The molecule has 17 heavy (non-hydrogen) atoms. The number of carbonyl (C=O) groups excluding carboxylic acids is 1. The predicted octanol–water partition coefficient (Wildman–Crippen LogP) is 0.0851. The van der Waals surface area contributed by atoms with Crippen LogP contribution in [0.15, 0.2) is 10.9 Å². The molecule has 0 radical (unpaired) electrons. The molecule has 0 aliphatic carbocycles. The topological polar surface area (TPSA) is 105 Å². The number of aliphatic carboxylic acids is 1. The first-order chi connectivity index (χ1) is 8.02. The van der Waals surface area contributed by atoms with Crippen molar-refractivity contribution in [3.63, 3.8) is 0 Å². The molecule has 0 spiro atoms. The summed E-state index contributed by atoms with van der Waals surface area (Å²) in [6.07, 6.45) is 1.67. The lowest BCUT2D eigenvalue weighted by molar-refractivity contribution is -0.146. The fraction of sp³-hybridized carbons (Fsp3) is 0.600. The Bertz CT molecular complexity index is 377. The molecular weight excluding hydrogens is 226 g/mol. The molecule has 0 bridgehead atoms. The van der Waals surface area contributed by atoms with E-state index < -0.39 is 17.8 Å². The molecule has 94 valence electrons. The lowest BCUT2D eigenvalue weighted by Crippen LogP contribution is -2.36. The van der Waals surface area contributed by atoms with Crippen LogP contribution in [-0.2, 0) is 16.0 Å². The Morgan fingerprint density at radius 3 is 2.71 bits per heavy atom. The van der Waals surface area contributed by atoms with E-state index in [1.165, 1.54) is 13.3 Å². The van der Waals surface area contributed by atoms with E-state index in [9.17, 15) is 9.59 Å². The third-order valence-electron chi connectivity index (χ3n) is 2.61. The summed E-state index contributed by atoms with van der Waals surface area (Å²) in [5.74, 6) is -2.05. The van der Waals surface area contributed by atoms with E-state index in [-0.39, 0.29) is 5.91 Å². The molecule has 1 aromatic rings. The fourth-order valence-electron chi connectivity index (χ4n) is 1.20. The molecule has 7 heteroatoms. The van der Waals surface area contributed by atoms with Gasteiger partial charge in [0, 0.05) is 18.9 Å². The number of hydrogen-bond donors (Lipinski definition) is 2. The summed E-state index contributed by atoms with van der Waals surface area (Å²) in [6.45, 7) is 3.45. The van der Waals surface area contributed by atoms with E-state index in [0.717, 1.165) is 0 Å². The van der Waals surface area contributed by atoms with Crippen LogP contribution >= 0.6 is 0 Å². The molecule has 0 saturated carbocycles. The third kappa shape index (κ3) is 3.86. The number of amides is 1.